The summed E-state index contributed by atoms with van der Waals surface area (Å²) in [6, 6.07) is 22.5. The summed E-state index contributed by atoms with van der Waals surface area (Å²) < 4.78 is 24.8. The maximum Gasteiger partial charge on any atom is 0.345 e. The molecule has 0 bridgehead atoms. The molecule has 5 N–H and O–H groups in total. The molecule has 2 fully saturated rings. The molecular weight excluding hydrogens is 441 g/mol. The fourth-order valence-corrected chi connectivity index (χ4v) is 4.60. The number of aliphatic carboxylic acids is 1. The van der Waals surface area contributed by atoms with Crippen LogP contribution in [0.25, 0.3) is 0 Å². The summed E-state index contributed by atoms with van der Waals surface area (Å²) in [7, 11) is 0. The Morgan fingerprint density at radius 3 is 1.82 bits per heavy atom. The Morgan fingerprint density at radius 1 is 0.853 bits per heavy atom. The normalized spacial score (nSPS) is 31.4. The van der Waals surface area contributed by atoms with Crippen LogP contribution in [0.5, 0.6) is 0 Å². The number of epoxide rings is 1. The van der Waals surface area contributed by atoms with Gasteiger partial charge in [0.1, 0.15) is 5.82 Å². The van der Waals surface area contributed by atoms with Gasteiger partial charge in [-0.15, -0.1) is 0 Å². The molecule has 0 amide bonds. The number of hydrogen-bond acceptors (Lipinski definition) is 6. The lowest BCUT2D eigenvalue weighted by Crippen LogP contribution is -2.54. The minimum atomic E-state index is -2.35. The number of carboxylic acid groups (broad SMARTS) is 1. The van der Waals surface area contributed by atoms with Gasteiger partial charge in [-0.05, 0) is 29.8 Å². The Kier molecular flexibility index (Phi) is 5.73. The first kappa shape index (κ1) is 23.8. The van der Waals surface area contributed by atoms with Gasteiger partial charge in [0.2, 0.25) is 11.6 Å². The van der Waals surface area contributed by atoms with E-state index in [1.165, 1.54) is 12.1 Å². The fourth-order valence-electron chi connectivity index (χ4n) is 4.60. The average molecular weight is 467 g/mol. The minimum absolute atomic E-state index is 0.0763. The SMILES string of the molecule is CC(C)C1(O)OC(O)(c2ccc(F)cc2)C2(c3ccccc3)OC12C(=O)O.Nc1ccccc1. The first-order valence-corrected chi connectivity index (χ1v) is 10.8. The van der Waals surface area contributed by atoms with Crippen molar-refractivity contribution in [2.45, 2.75) is 36.6 Å². The number of nitrogen functional groups attached to an aromatic ring is 1. The maximum atomic E-state index is 13.4. The highest BCUT2D eigenvalue weighted by Crippen LogP contribution is 2.76. The van der Waals surface area contributed by atoms with Gasteiger partial charge in [-0.25, -0.2) is 9.18 Å². The van der Waals surface area contributed by atoms with Gasteiger partial charge in [0.05, 0.1) is 0 Å². The predicted octanol–water partition coefficient (Wildman–Crippen LogP) is 3.36. The van der Waals surface area contributed by atoms with Crippen LogP contribution in [-0.2, 0) is 25.7 Å². The van der Waals surface area contributed by atoms with Crippen LogP contribution in [0.3, 0.4) is 0 Å². The lowest BCUT2D eigenvalue weighted by molar-refractivity contribution is -0.367. The molecule has 5 rings (SSSR count). The molecule has 7 nitrogen and oxygen atoms in total. The van der Waals surface area contributed by atoms with Gasteiger partial charge in [0.15, 0.2) is 5.60 Å². The van der Waals surface area contributed by atoms with E-state index >= 15 is 0 Å². The summed E-state index contributed by atoms with van der Waals surface area (Å²) in [6.07, 6.45) is 0. The van der Waals surface area contributed by atoms with Crippen molar-refractivity contribution < 1.29 is 34.0 Å². The van der Waals surface area contributed by atoms with Crippen molar-refractivity contribution in [3.63, 3.8) is 0 Å². The number of carboxylic acids is 1. The summed E-state index contributed by atoms with van der Waals surface area (Å²) in [5.74, 6) is -7.39. The predicted molar refractivity (Wildman–Crippen MR) is 122 cm³/mol. The third kappa shape index (κ3) is 3.14. The van der Waals surface area contributed by atoms with E-state index in [2.05, 4.69) is 0 Å². The summed E-state index contributed by atoms with van der Waals surface area (Å²) in [5, 5.41) is 32.8. The van der Waals surface area contributed by atoms with E-state index < -0.39 is 40.5 Å². The van der Waals surface area contributed by atoms with Crippen LogP contribution in [0.15, 0.2) is 84.9 Å². The number of rotatable bonds is 4. The summed E-state index contributed by atoms with van der Waals surface area (Å²) in [5.41, 5.74) is 2.46. The Bertz CT molecular complexity index is 1170. The van der Waals surface area contributed by atoms with Gasteiger partial charge in [-0.2, -0.15) is 0 Å². The number of halogens is 1. The van der Waals surface area contributed by atoms with Gasteiger partial charge >= 0.3 is 5.97 Å². The van der Waals surface area contributed by atoms with Crippen molar-refractivity contribution in [2.24, 2.45) is 5.92 Å². The molecule has 0 radical (unpaired) electrons. The van der Waals surface area contributed by atoms with E-state index in [1.54, 1.807) is 44.2 Å². The van der Waals surface area contributed by atoms with E-state index in [0.29, 0.717) is 5.56 Å². The van der Waals surface area contributed by atoms with Crippen LogP contribution in [0.4, 0.5) is 10.1 Å². The largest absolute Gasteiger partial charge is 0.479 e. The summed E-state index contributed by atoms with van der Waals surface area (Å²) >= 11 is 0. The summed E-state index contributed by atoms with van der Waals surface area (Å²) in [4.78, 5) is 12.3. The molecule has 3 aromatic carbocycles. The van der Waals surface area contributed by atoms with Crippen molar-refractivity contribution in [2.75, 3.05) is 5.73 Å². The van der Waals surface area contributed by atoms with Crippen LogP contribution in [0, 0.1) is 11.7 Å². The van der Waals surface area contributed by atoms with E-state index in [1.807, 2.05) is 30.3 Å². The topological polar surface area (TPSA) is 126 Å². The molecule has 8 heteroatoms. The number of carbonyl (C=O) groups is 1. The number of anilines is 1. The second-order valence-corrected chi connectivity index (χ2v) is 8.65. The molecule has 178 valence electrons. The number of fused-ring (bicyclic) bond motifs is 1. The number of benzene rings is 3. The van der Waals surface area contributed by atoms with Crippen LogP contribution in [0.1, 0.15) is 25.0 Å². The van der Waals surface area contributed by atoms with Crippen LogP contribution in [-0.4, -0.2) is 32.7 Å². The van der Waals surface area contributed by atoms with Crippen molar-refractivity contribution in [1.29, 1.82) is 0 Å². The van der Waals surface area contributed by atoms with Crippen molar-refractivity contribution in [1.82, 2.24) is 0 Å². The van der Waals surface area contributed by atoms with Crippen LogP contribution in [0.2, 0.25) is 0 Å². The number of para-hydroxylation sites is 1. The number of hydrogen-bond donors (Lipinski definition) is 4. The number of aliphatic hydroxyl groups is 2. The molecule has 0 aliphatic carbocycles. The van der Waals surface area contributed by atoms with E-state index in [9.17, 15) is 24.5 Å². The van der Waals surface area contributed by atoms with E-state index in [4.69, 9.17) is 15.2 Å². The first-order chi connectivity index (χ1) is 16.0. The average Bonchev–Trinajstić information content (AvgIpc) is 3.51. The molecular formula is C26H26FNO6. The Labute approximate surface area is 196 Å². The van der Waals surface area contributed by atoms with Gasteiger partial charge in [-0.1, -0.05) is 74.5 Å². The van der Waals surface area contributed by atoms with E-state index in [-0.39, 0.29) is 5.56 Å². The van der Waals surface area contributed by atoms with Gasteiger partial charge < -0.3 is 30.5 Å². The van der Waals surface area contributed by atoms with Crippen LogP contribution >= 0.6 is 0 Å². The molecule has 34 heavy (non-hydrogen) atoms. The lowest BCUT2D eigenvalue weighted by Gasteiger charge is -2.36. The summed E-state index contributed by atoms with van der Waals surface area (Å²) in [6.45, 7) is 3.14. The zero-order valence-electron chi connectivity index (χ0n) is 18.7. The standard InChI is InChI=1S/C20H19FO6.C6H7N/c1-12(2)19(24)18(16(22)23)17(26-18,13-6-4-3-5-7-13)20(25,27-19)14-8-10-15(21)11-9-14;7-6-4-2-1-3-5-6/h3-12,24-25H,1-2H3,(H,22,23);1-5H,7H2. The fraction of sp³-hybridized carbons (Fsp3) is 0.269. The third-order valence-electron chi connectivity index (χ3n) is 6.34. The second-order valence-electron chi connectivity index (χ2n) is 8.65. The molecule has 0 aromatic heterocycles. The molecule has 3 aromatic rings. The molecule has 0 spiro atoms. The maximum absolute atomic E-state index is 13.4. The van der Waals surface area contributed by atoms with Gasteiger partial charge in [0, 0.05) is 17.2 Å². The zero-order valence-corrected chi connectivity index (χ0v) is 18.7. The molecule has 2 aliphatic heterocycles. The van der Waals surface area contributed by atoms with Crippen molar-refractivity contribution in [3.05, 3.63) is 102 Å². The molecule has 2 aliphatic rings. The van der Waals surface area contributed by atoms with Gasteiger partial charge in [-0.3, -0.25) is 0 Å². The Hall–Kier alpha value is -3.30. The van der Waals surface area contributed by atoms with E-state index in [0.717, 1.165) is 17.8 Å². The lowest BCUT2D eigenvalue weighted by atomic mass is 9.74. The highest BCUT2D eigenvalue weighted by atomic mass is 19.1. The van der Waals surface area contributed by atoms with Crippen LogP contribution < -0.4 is 5.73 Å². The number of ether oxygens (including phenoxy) is 2. The third-order valence-corrected chi connectivity index (χ3v) is 6.34. The quantitative estimate of drug-likeness (QED) is 0.342. The molecule has 2 saturated heterocycles. The molecule has 2 heterocycles. The van der Waals surface area contributed by atoms with Gasteiger partial charge in [0.25, 0.3) is 5.60 Å². The van der Waals surface area contributed by atoms with Crippen molar-refractivity contribution in [3.8, 4) is 0 Å². The highest BCUT2D eigenvalue weighted by molar-refractivity contribution is 5.87. The molecule has 4 unspecified atom stereocenters. The first-order valence-electron chi connectivity index (χ1n) is 10.8. The Balaban J connectivity index is 0.000000336. The zero-order chi connectivity index (χ0) is 24.8. The molecule has 0 saturated carbocycles. The minimum Gasteiger partial charge on any atom is -0.479 e. The smallest absolute Gasteiger partial charge is 0.345 e. The number of nitrogens with two attached hydrogens (primary N) is 1. The highest BCUT2D eigenvalue weighted by Gasteiger charge is 2.98. The monoisotopic (exact) mass is 467 g/mol. The second kappa shape index (κ2) is 8.18. The molecule has 4 atom stereocenters. The van der Waals surface area contributed by atoms with Crippen molar-refractivity contribution >= 4 is 11.7 Å². The Morgan fingerprint density at radius 2 is 1.38 bits per heavy atom.